The zero-order valence-electron chi connectivity index (χ0n) is 15.2. The summed E-state index contributed by atoms with van der Waals surface area (Å²) in [4.78, 5) is 0. The van der Waals surface area contributed by atoms with Crippen LogP contribution in [0.25, 0.3) is 0 Å². The smallest absolute Gasteiger partial charge is 0.121 e. The van der Waals surface area contributed by atoms with Gasteiger partial charge in [-0.05, 0) is 60.6 Å². The van der Waals surface area contributed by atoms with Gasteiger partial charge in [-0.1, -0.05) is 25.1 Å². The summed E-state index contributed by atoms with van der Waals surface area (Å²) in [7, 11) is 3.25. The number of hydrogen-bond donors (Lipinski definition) is 2. The number of rotatable bonds is 9. The van der Waals surface area contributed by atoms with Crippen molar-refractivity contribution in [2.45, 2.75) is 38.9 Å². The van der Waals surface area contributed by atoms with Gasteiger partial charge >= 0.3 is 0 Å². The van der Waals surface area contributed by atoms with Gasteiger partial charge in [0, 0.05) is 12.7 Å². The number of aromatic hydroxyl groups is 1. The molecule has 2 atom stereocenters. The van der Waals surface area contributed by atoms with E-state index in [4.69, 9.17) is 9.47 Å². The van der Waals surface area contributed by atoms with Gasteiger partial charge in [0.15, 0.2) is 0 Å². The molecular weight excluding hydrogens is 316 g/mol. The van der Waals surface area contributed by atoms with Gasteiger partial charge in [-0.15, -0.1) is 0 Å². The van der Waals surface area contributed by atoms with Gasteiger partial charge in [-0.25, -0.2) is 0 Å². The summed E-state index contributed by atoms with van der Waals surface area (Å²) in [5.41, 5.74) is 2.79. The van der Waals surface area contributed by atoms with Gasteiger partial charge in [-0.3, -0.25) is 0 Å². The molecule has 0 heterocycles. The maximum atomic E-state index is 10.4. The molecule has 0 aromatic heterocycles. The van der Waals surface area contributed by atoms with Crippen LogP contribution in [0.3, 0.4) is 0 Å². The van der Waals surface area contributed by atoms with Crippen molar-refractivity contribution >= 4 is 0 Å². The zero-order chi connectivity index (χ0) is 18.2. The summed E-state index contributed by atoms with van der Waals surface area (Å²) >= 11 is 0. The summed E-state index contributed by atoms with van der Waals surface area (Å²) < 4.78 is 10.3. The predicted molar refractivity (Wildman–Crippen MR) is 98.9 cm³/mol. The van der Waals surface area contributed by atoms with E-state index in [1.165, 1.54) is 5.56 Å². The molecule has 2 aromatic rings. The highest BCUT2D eigenvalue weighted by atomic mass is 16.5. The number of aliphatic hydroxyl groups excluding tert-OH is 1. The van der Waals surface area contributed by atoms with Gasteiger partial charge in [0.25, 0.3) is 0 Å². The Morgan fingerprint density at radius 1 is 1.00 bits per heavy atom. The van der Waals surface area contributed by atoms with Crippen LogP contribution in [0.2, 0.25) is 0 Å². The topological polar surface area (TPSA) is 58.9 Å². The lowest BCUT2D eigenvalue weighted by atomic mass is 9.93. The van der Waals surface area contributed by atoms with Crippen LogP contribution in [0.4, 0.5) is 0 Å². The second-order valence-corrected chi connectivity index (χ2v) is 6.57. The van der Waals surface area contributed by atoms with E-state index in [2.05, 4.69) is 19.1 Å². The normalized spacial score (nSPS) is 13.4. The average Bonchev–Trinajstić information content (AvgIpc) is 2.62. The van der Waals surface area contributed by atoms with E-state index in [0.717, 1.165) is 24.2 Å². The summed E-state index contributed by atoms with van der Waals surface area (Å²) in [5.74, 6) is 1.54. The molecule has 136 valence electrons. The highest BCUT2D eigenvalue weighted by Crippen LogP contribution is 2.27. The van der Waals surface area contributed by atoms with Crippen molar-refractivity contribution in [1.29, 1.82) is 0 Å². The van der Waals surface area contributed by atoms with Crippen LogP contribution < -0.4 is 4.74 Å². The second-order valence-electron chi connectivity index (χ2n) is 6.57. The first-order chi connectivity index (χ1) is 12.0. The molecule has 0 amide bonds. The van der Waals surface area contributed by atoms with Crippen molar-refractivity contribution in [1.82, 2.24) is 0 Å². The molecule has 2 aromatic carbocycles. The highest BCUT2D eigenvalue weighted by Gasteiger charge is 2.13. The van der Waals surface area contributed by atoms with Crippen molar-refractivity contribution in [3.8, 4) is 11.5 Å². The number of benzene rings is 2. The molecule has 4 nitrogen and oxygen atoms in total. The number of methoxy groups -OCH3 is 2. The van der Waals surface area contributed by atoms with Crippen LogP contribution in [0.5, 0.6) is 11.5 Å². The first-order valence-electron chi connectivity index (χ1n) is 8.65. The molecule has 2 N–H and O–H groups in total. The van der Waals surface area contributed by atoms with Gasteiger partial charge in [0.05, 0.1) is 19.8 Å². The van der Waals surface area contributed by atoms with Crippen molar-refractivity contribution in [2.75, 3.05) is 14.2 Å². The third-order valence-electron chi connectivity index (χ3n) is 4.46. The Morgan fingerprint density at radius 3 is 2.36 bits per heavy atom. The van der Waals surface area contributed by atoms with Crippen LogP contribution in [-0.4, -0.2) is 24.4 Å². The van der Waals surface area contributed by atoms with E-state index in [1.807, 2.05) is 18.2 Å². The number of ether oxygens (including phenoxy) is 2. The molecule has 0 aliphatic rings. The molecule has 0 aliphatic heterocycles. The third kappa shape index (κ3) is 5.76. The minimum atomic E-state index is -0.533. The van der Waals surface area contributed by atoms with E-state index >= 15 is 0 Å². The lowest BCUT2D eigenvalue weighted by Crippen LogP contribution is -2.05. The van der Waals surface area contributed by atoms with E-state index in [9.17, 15) is 10.2 Å². The molecule has 25 heavy (non-hydrogen) atoms. The Kier molecular flexibility index (Phi) is 7.29. The quantitative estimate of drug-likeness (QED) is 0.714. The Bertz CT molecular complexity index is 651. The minimum Gasteiger partial charge on any atom is -0.508 e. The van der Waals surface area contributed by atoms with Gasteiger partial charge in [-0.2, -0.15) is 0 Å². The molecule has 4 heteroatoms. The molecule has 0 saturated carbocycles. The fraction of sp³-hybridized carbons (Fsp3) is 0.429. The SMILES string of the molecule is COCc1cc([C@@H](O)CC[C@H](C)Cc2ccc(OC)cc2)ccc1O. The van der Waals surface area contributed by atoms with Crippen molar-refractivity contribution in [3.63, 3.8) is 0 Å². The summed E-state index contributed by atoms with van der Waals surface area (Å²) in [6.45, 7) is 2.53. The van der Waals surface area contributed by atoms with Crippen molar-refractivity contribution < 1.29 is 19.7 Å². The third-order valence-corrected chi connectivity index (χ3v) is 4.46. The maximum absolute atomic E-state index is 10.4. The van der Waals surface area contributed by atoms with Gasteiger partial charge in [0.1, 0.15) is 11.5 Å². The van der Waals surface area contributed by atoms with E-state index in [0.29, 0.717) is 24.5 Å². The van der Waals surface area contributed by atoms with Crippen molar-refractivity contribution in [2.24, 2.45) is 5.92 Å². The summed E-state index contributed by atoms with van der Waals surface area (Å²) in [6, 6.07) is 13.3. The van der Waals surface area contributed by atoms with E-state index < -0.39 is 6.10 Å². The lowest BCUT2D eigenvalue weighted by Gasteiger charge is -2.16. The van der Waals surface area contributed by atoms with Crippen molar-refractivity contribution in [3.05, 3.63) is 59.2 Å². The number of hydrogen-bond acceptors (Lipinski definition) is 4. The fourth-order valence-electron chi connectivity index (χ4n) is 2.96. The first-order valence-corrected chi connectivity index (χ1v) is 8.65. The molecular formula is C21H28O4. The van der Waals surface area contributed by atoms with Crippen LogP contribution in [0.15, 0.2) is 42.5 Å². The molecule has 0 aliphatic carbocycles. The van der Waals surface area contributed by atoms with Crippen LogP contribution in [-0.2, 0) is 17.8 Å². The highest BCUT2D eigenvalue weighted by molar-refractivity contribution is 5.36. The number of aliphatic hydroxyl groups is 1. The largest absolute Gasteiger partial charge is 0.508 e. The maximum Gasteiger partial charge on any atom is 0.121 e. The Balaban J connectivity index is 1.87. The predicted octanol–water partition coefficient (Wildman–Crippen LogP) is 4.24. The fourth-order valence-corrected chi connectivity index (χ4v) is 2.96. The van der Waals surface area contributed by atoms with Crippen LogP contribution in [0, 0.1) is 5.92 Å². The van der Waals surface area contributed by atoms with Gasteiger partial charge in [0.2, 0.25) is 0 Å². The van der Waals surface area contributed by atoms with Gasteiger partial charge < -0.3 is 19.7 Å². The molecule has 0 unspecified atom stereocenters. The Labute approximate surface area is 150 Å². The molecule has 2 rings (SSSR count). The molecule has 0 bridgehead atoms. The Hall–Kier alpha value is -2.04. The molecule has 0 saturated heterocycles. The number of phenolic OH excluding ortho intramolecular Hbond substituents is 1. The monoisotopic (exact) mass is 344 g/mol. The van der Waals surface area contributed by atoms with Crippen LogP contribution in [0.1, 0.15) is 42.6 Å². The zero-order valence-corrected chi connectivity index (χ0v) is 15.2. The van der Waals surface area contributed by atoms with E-state index in [1.54, 1.807) is 26.4 Å². The van der Waals surface area contributed by atoms with Crippen LogP contribution >= 0.6 is 0 Å². The second kappa shape index (κ2) is 9.44. The first kappa shape index (κ1) is 19.3. The molecule has 0 spiro atoms. The summed E-state index contributed by atoms with van der Waals surface area (Å²) in [5, 5.41) is 20.2. The standard InChI is InChI=1S/C21H28O4/c1-15(12-16-5-8-19(25-3)9-6-16)4-10-20(22)17-7-11-21(23)18(13-17)14-24-2/h5-9,11,13,15,20,22-23H,4,10,12,14H2,1-3H3/t15-,20-/m0/s1. The molecule has 0 radical (unpaired) electrons. The average molecular weight is 344 g/mol. The minimum absolute atomic E-state index is 0.200. The lowest BCUT2D eigenvalue weighted by molar-refractivity contribution is 0.156. The number of phenols is 1. The summed E-state index contributed by atoms with van der Waals surface area (Å²) in [6.07, 6.45) is 2.05. The van der Waals surface area contributed by atoms with E-state index in [-0.39, 0.29) is 5.75 Å². The molecule has 0 fully saturated rings. The Morgan fingerprint density at radius 2 is 1.72 bits per heavy atom.